The van der Waals surface area contributed by atoms with Gasteiger partial charge in [-0.2, -0.15) is 0 Å². The standard InChI is InChI=1S/C31H29N2O/c1-20-12-13-23-24-14-15-25(32-5)28(22-10-8-7-9-11-22)30(24)34-29(23)27(20)26-18-21(16-17-33(26)6)19-31(2,3)4/h7-18H,19H2,1-4,6H3/q+1/i7D,8D,9D,10D,11D,16D,19D2. The number of furan rings is 1. The maximum atomic E-state index is 8.86. The van der Waals surface area contributed by atoms with Gasteiger partial charge >= 0.3 is 0 Å². The van der Waals surface area contributed by atoms with Crippen molar-refractivity contribution in [2.75, 3.05) is 0 Å². The number of rotatable bonds is 3. The second kappa shape index (κ2) is 8.15. The van der Waals surface area contributed by atoms with Crippen molar-refractivity contribution in [2.24, 2.45) is 12.5 Å². The molecule has 2 heterocycles. The molecule has 168 valence electrons. The van der Waals surface area contributed by atoms with Crippen LogP contribution in [0.25, 0.3) is 49.2 Å². The molecule has 2 aromatic heterocycles. The highest BCUT2D eigenvalue weighted by molar-refractivity contribution is 6.15. The van der Waals surface area contributed by atoms with E-state index in [0.29, 0.717) is 27.6 Å². The van der Waals surface area contributed by atoms with Crippen LogP contribution in [-0.4, -0.2) is 0 Å². The molecule has 0 saturated carbocycles. The summed E-state index contributed by atoms with van der Waals surface area (Å²) in [5.74, 6) is 0. The van der Waals surface area contributed by atoms with E-state index in [9.17, 15) is 0 Å². The number of hydrogen-bond donors (Lipinski definition) is 0. The van der Waals surface area contributed by atoms with E-state index in [2.05, 4.69) is 4.85 Å². The van der Waals surface area contributed by atoms with Gasteiger partial charge in [-0.1, -0.05) is 75.2 Å². The van der Waals surface area contributed by atoms with Crippen LogP contribution in [0.15, 0.2) is 77.2 Å². The van der Waals surface area contributed by atoms with Crippen LogP contribution < -0.4 is 4.57 Å². The van der Waals surface area contributed by atoms with Gasteiger partial charge in [0.05, 0.1) is 20.4 Å². The topological polar surface area (TPSA) is 21.4 Å². The van der Waals surface area contributed by atoms with Gasteiger partial charge in [-0.15, -0.1) is 0 Å². The zero-order valence-corrected chi connectivity index (χ0v) is 19.8. The van der Waals surface area contributed by atoms with Crippen LogP contribution in [0.4, 0.5) is 5.69 Å². The molecule has 0 atom stereocenters. The van der Waals surface area contributed by atoms with Gasteiger partial charge in [-0.25, -0.2) is 9.41 Å². The quantitative estimate of drug-likeness (QED) is 0.199. The number of aromatic nitrogens is 1. The molecule has 0 radical (unpaired) electrons. The molecule has 0 N–H and O–H groups in total. The molecule has 0 spiro atoms. The minimum atomic E-state index is -1.82. The maximum absolute atomic E-state index is 8.86. The number of fused-ring (bicyclic) bond motifs is 3. The summed E-state index contributed by atoms with van der Waals surface area (Å²) < 4.78 is 76.1. The van der Waals surface area contributed by atoms with Gasteiger partial charge in [-0.3, -0.25) is 0 Å². The first kappa shape index (κ1) is 14.4. The maximum Gasteiger partial charge on any atom is 0.216 e. The molecular formula is C31H29N2O+. The lowest BCUT2D eigenvalue weighted by molar-refractivity contribution is -0.660. The first-order chi connectivity index (χ1) is 19.5. The summed E-state index contributed by atoms with van der Waals surface area (Å²) in [6, 6.07) is 6.43. The van der Waals surface area contributed by atoms with Crippen molar-refractivity contribution in [3.8, 4) is 22.4 Å². The van der Waals surface area contributed by atoms with E-state index in [1.54, 1.807) is 56.8 Å². The molecule has 0 saturated heterocycles. The van der Waals surface area contributed by atoms with Gasteiger partial charge < -0.3 is 4.42 Å². The zero-order chi connectivity index (χ0) is 31.0. The Labute approximate surface area is 212 Å². The molecule has 3 aromatic carbocycles. The van der Waals surface area contributed by atoms with Crippen LogP contribution in [0.3, 0.4) is 0 Å². The first-order valence-electron chi connectivity index (χ1n) is 15.0. The van der Waals surface area contributed by atoms with E-state index < -0.39 is 42.0 Å². The van der Waals surface area contributed by atoms with Crippen LogP contribution in [0, 0.1) is 18.9 Å². The monoisotopic (exact) mass is 453 g/mol. The molecule has 3 nitrogen and oxygen atoms in total. The van der Waals surface area contributed by atoms with Gasteiger partial charge in [0.2, 0.25) is 5.69 Å². The molecule has 34 heavy (non-hydrogen) atoms. The number of pyridine rings is 1. The predicted molar refractivity (Wildman–Crippen MR) is 140 cm³/mol. The van der Waals surface area contributed by atoms with Crippen LogP contribution in [-0.2, 0) is 13.4 Å². The minimum Gasteiger partial charge on any atom is -0.456 e. The van der Waals surface area contributed by atoms with E-state index in [-0.39, 0.29) is 34.0 Å². The molecule has 0 aliphatic rings. The largest absolute Gasteiger partial charge is 0.456 e. The Hall–Kier alpha value is -3.90. The van der Waals surface area contributed by atoms with Crippen molar-refractivity contribution in [3.63, 3.8) is 0 Å². The second-order valence-corrected chi connectivity index (χ2v) is 9.39. The molecule has 0 fully saturated rings. The lowest BCUT2D eigenvalue weighted by Crippen LogP contribution is -2.31. The van der Waals surface area contributed by atoms with Crippen molar-refractivity contribution in [1.82, 2.24) is 0 Å². The molecular weight excluding hydrogens is 416 g/mol. The second-order valence-electron chi connectivity index (χ2n) is 9.39. The number of nitrogens with zero attached hydrogens (tertiary/aromatic N) is 2. The molecule has 0 amide bonds. The van der Waals surface area contributed by atoms with Gasteiger partial charge in [0.25, 0.3) is 0 Å². The molecule has 3 heteroatoms. The lowest BCUT2D eigenvalue weighted by Gasteiger charge is -2.18. The van der Waals surface area contributed by atoms with Crippen LogP contribution in [0.2, 0.25) is 0 Å². The average molecular weight is 454 g/mol. The summed E-state index contributed by atoms with van der Waals surface area (Å²) >= 11 is 0. The third kappa shape index (κ3) is 3.76. The Bertz CT molecular complexity index is 1970. The Morgan fingerprint density at radius 2 is 1.68 bits per heavy atom. The van der Waals surface area contributed by atoms with Crippen molar-refractivity contribution >= 4 is 27.6 Å². The van der Waals surface area contributed by atoms with Gasteiger partial charge in [0.1, 0.15) is 18.2 Å². The van der Waals surface area contributed by atoms with E-state index in [0.717, 1.165) is 5.56 Å². The summed E-state index contributed by atoms with van der Waals surface area (Å²) in [6.45, 7) is 15.1. The van der Waals surface area contributed by atoms with Crippen molar-refractivity contribution in [2.45, 2.75) is 34.1 Å². The van der Waals surface area contributed by atoms with Crippen LogP contribution in [0.1, 0.15) is 42.9 Å². The summed E-state index contributed by atoms with van der Waals surface area (Å²) in [5, 5.41) is 1.29. The Balaban J connectivity index is 1.92. The van der Waals surface area contributed by atoms with Gasteiger partial charge in [0, 0.05) is 31.2 Å². The molecule has 0 bridgehead atoms. The van der Waals surface area contributed by atoms with E-state index in [1.807, 2.05) is 19.1 Å². The summed E-state index contributed by atoms with van der Waals surface area (Å²) in [4.78, 5) is 3.60. The third-order valence-electron chi connectivity index (χ3n) is 5.71. The highest BCUT2D eigenvalue weighted by atomic mass is 16.3. The fourth-order valence-electron chi connectivity index (χ4n) is 4.26. The van der Waals surface area contributed by atoms with Gasteiger partial charge in [0.15, 0.2) is 11.9 Å². The summed E-state index contributed by atoms with van der Waals surface area (Å²) in [6.07, 6.45) is -0.244. The van der Waals surface area contributed by atoms with Crippen LogP contribution >= 0.6 is 0 Å². The molecule has 0 unspecified atom stereocenters. The molecule has 0 aliphatic heterocycles. The lowest BCUT2D eigenvalue weighted by atomic mass is 9.88. The zero-order valence-electron chi connectivity index (χ0n) is 27.8. The Morgan fingerprint density at radius 3 is 2.35 bits per heavy atom. The third-order valence-corrected chi connectivity index (χ3v) is 5.71. The number of hydrogen-bond acceptors (Lipinski definition) is 1. The van der Waals surface area contributed by atoms with E-state index >= 15 is 0 Å². The fraction of sp³-hybridized carbons (Fsp3) is 0.226. The normalized spacial score (nSPS) is 15.5. The van der Waals surface area contributed by atoms with Crippen LogP contribution in [0.5, 0.6) is 0 Å². The Kier molecular flexibility index (Phi) is 3.45. The molecule has 5 aromatic rings. The summed E-state index contributed by atoms with van der Waals surface area (Å²) in [7, 11) is 1.78. The fourth-order valence-corrected chi connectivity index (χ4v) is 4.26. The highest BCUT2D eigenvalue weighted by Crippen LogP contribution is 2.44. The van der Waals surface area contributed by atoms with E-state index in [4.69, 9.17) is 22.0 Å². The van der Waals surface area contributed by atoms with Crippen molar-refractivity contribution in [3.05, 3.63) is 95.3 Å². The van der Waals surface area contributed by atoms with Gasteiger partial charge in [-0.05, 0) is 35.4 Å². The van der Waals surface area contributed by atoms with Crippen molar-refractivity contribution < 1.29 is 20.0 Å². The highest BCUT2D eigenvalue weighted by Gasteiger charge is 2.24. The van der Waals surface area contributed by atoms with Crippen molar-refractivity contribution in [1.29, 1.82) is 0 Å². The summed E-state index contributed by atoms with van der Waals surface area (Å²) in [5.41, 5.74) is 2.32. The average Bonchev–Trinajstić information content (AvgIpc) is 3.29. The number of benzene rings is 3. The SMILES string of the molecule is [2H]c1c[n+](C)c(-c2c(C)ccc3c2oc2c(-c4c([2H])c([2H])c([2H])c([2H])c4[2H])c([N+]#[C-])ccc23)cc1C([2H])([2H])C(C)(C)C. The number of aryl methyl sites for hydroxylation is 2. The first-order valence-corrected chi connectivity index (χ1v) is 11.0. The minimum absolute atomic E-state index is 0.0702. The molecule has 0 aliphatic carbocycles. The predicted octanol–water partition coefficient (Wildman–Crippen LogP) is 8.19. The molecule has 5 rings (SSSR count). The van der Waals surface area contributed by atoms with E-state index in [1.165, 1.54) is 0 Å². The Morgan fingerprint density at radius 1 is 1.00 bits per heavy atom. The smallest absolute Gasteiger partial charge is 0.216 e.